The van der Waals surface area contributed by atoms with Gasteiger partial charge in [0.05, 0.1) is 23.0 Å². The Morgan fingerprint density at radius 2 is 2.19 bits per heavy atom. The van der Waals surface area contributed by atoms with Gasteiger partial charge < -0.3 is 4.98 Å². The Balaban J connectivity index is 1.50. The van der Waals surface area contributed by atoms with Crippen LogP contribution in [0.5, 0.6) is 0 Å². The number of likely N-dealkylation sites (tertiary alicyclic amines) is 1. The normalized spacial score (nSPS) is 24.8. The van der Waals surface area contributed by atoms with Crippen LogP contribution in [0.2, 0.25) is 0 Å². The molecule has 1 saturated heterocycles. The number of rotatable bonds is 5. The van der Waals surface area contributed by atoms with Gasteiger partial charge in [-0.25, -0.2) is 18.1 Å². The number of hydrogen-bond acceptors (Lipinski definition) is 6. The van der Waals surface area contributed by atoms with E-state index in [-0.39, 0.29) is 17.3 Å². The van der Waals surface area contributed by atoms with Gasteiger partial charge >= 0.3 is 0 Å². The summed E-state index contributed by atoms with van der Waals surface area (Å²) in [6, 6.07) is 1.88. The standard InChI is InChI=1S/C16H21N7O2S/c1-2-22-9-10(21-26(24,25)11-3-4-11)7-13(22)16-20-19-14-8-18-15-12(23(14)16)5-6-17-15/h5-6,8,10-11,13,17,21H,2-4,7,9H2,1H3/t10-,13?/m1/s1. The first kappa shape index (κ1) is 16.2. The molecule has 0 aromatic carbocycles. The van der Waals surface area contributed by atoms with E-state index in [4.69, 9.17) is 0 Å². The first-order valence-electron chi connectivity index (χ1n) is 8.99. The van der Waals surface area contributed by atoms with Gasteiger partial charge in [0.25, 0.3) is 0 Å². The summed E-state index contributed by atoms with van der Waals surface area (Å²) < 4.78 is 29.6. The molecule has 0 radical (unpaired) electrons. The van der Waals surface area contributed by atoms with Crippen molar-refractivity contribution in [3.8, 4) is 0 Å². The molecule has 138 valence electrons. The van der Waals surface area contributed by atoms with E-state index in [0.29, 0.717) is 18.6 Å². The van der Waals surface area contributed by atoms with Crippen molar-refractivity contribution in [3.05, 3.63) is 24.3 Å². The van der Waals surface area contributed by atoms with Gasteiger partial charge in [-0.05, 0) is 31.9 Å². The van der Waals surface area contributed by atoms with Gasteiger partial charge in [-0.2, -0.15) is 0 Å². The highest BCUT2D eigenvalue weighted by molar-refractivity contribution is 7.90. The number of aromatic nitrogens is 5. The molecule has 0 spiro atoms. The van der Waals surface area contributed by atoms with Crippen molar-refractivity contribution in [2.45, 2.75) is 43.5 Å². The van der Waals surface area contributed by atoms with Gasteiger partial charge in [0.15, 0.2) is 17.1 Å². The molecule has 0 bridgehead atoms. The molecule has 10 heteroatoms. The van der Waals surface area contributed by atoms with E-state index in [1.54, 1.807) is 6.20 Å². The monoisotopic (exact) mass is 375 g/mol. The van der Waals surface area contributed by atoms with Crippen LogP contribution in [-0.2, 0) is 10.0 Å². The number of fused-ring (bicyclic) bond motifs is 3. The van der Waals surface area contributed by atoms with E-state index in [1.165, 1.54) is 0 Å². The van der Waals surface area contributed by atoms with Crippen LogP contribution in [0.25, 0.3) is 16.8 Å². The number of aromatic amines is 1. The molecule has 3 aromatic heterocycles. The molecular formula is C16H21N7O2S. The second-order valence-corrected chi connectivity index (χ2v) is 9.11. The molecule has 1 unspecified atom stereocenters. The lowest BCUT2D eigenvalue weighted by molar-refractivity contribution is 0.260. The molecule has 1 saturated carbocycles. The van der Waals surface area contributed by atoms with Gasteiger partial charge in [-0.3, -0.25) is 9.30 Å². The van der Waals surface area contributed by atoms with Crippen LogP contribution in [-0.4, -0.2) is 62.3 Å². The maximum atomic E-state index is 12.3. The van der Waals surface area contributed by atoms with E-state index >= 15 is 0 Å². The lowest BCUT2D eigenvalue weighted by Crippen LogP contribution is -2.38. The van der Waals surface area contributed by atoms with Crippen LogP contribution in [0, 0.1) is 0 Å². The van der Waals surface area contributed by atoms with Gasteiger partial charge in [0.1, 0.15) is 0 Å². The van der Waals surface area contributed by atoms with E-state index in [1.807, 2.05) is 16.7 Å². The minimum atomic E-state index is -3.20. The van der Waals surface area contributed by atoms with Gasteiger partial charge in [-0.15, -0.1) is 10.2 Å². The lowest BCUT2D eigenvalue weighted by atomic mass is 10.1. The first-order chi connectivity index (χ1) is 12.6. The minimum Gasteiger partial charge on any atom is -0.345 e. The Labute approximate surface area is 150 Å². The fourth-order valence-electron chi connectivity index (χ4n) is 3.93. The van der Waals surface area contributed by atoms with Crippen molar-refractivity contribution in [2.75, 3.05) is 13.1 Å². The molecule has 9 nitrogen and oxygen atoms in total. The van der Waals surface area contributed by atoms with Crippen LogP contribution >= 0.6 is 0 Å². The summed E-state index contributed by atoms with van der Waals surface area (Å²) in [6.45, 7) is 3.59. The zero-order valence-corrected chi connectivity index (χ0v) is 15.3. The Kier molecular flexibility index (Phi) is 3.56. The number of nitrogens with zero attached hydrogens (tertiary/aromatic N) is 5. The molecule has 4 heterocycles. The summed E-state index contributed by atoms with van der Waals surface area (Å²) in [7, 11) is -3.20. The van der Waals surface area contributed by atoms with Crippen molar-refractivity contribution in [3.63, 3.8) is 0 Å². The van der Waals surface area contributed by atoms with Crippen molar-refractivity contribution >= 4 is 26.8 Å². The molecule has 1 aliphatic carbocycles. The fraction of sp³-hybridized carbons (Fsp3) is 0.562. The predicted octanol–water partition coefficient (Wildman–Crippen LogP) is 0.823. The Hall–Kier alpha value is -2.04. The maximum absolute atomic E-state index is 12.3. The van der Waals surface area contributed by atoms with Gasteiger partial charge in [-0.1, -0.05) is 6.92 Å². The van der Waals surface area contributed by atoms with Crippen LogP contribution < -0.4 is 4.72 Å². The highest BCUT2D eigenvalue weighted by Crippen LogP contribution is 2.34. The van der Waals surface area contributed by atoms with Crippen molar-refractivity contribution in [2.24, 2.45) is 0 Å². The predicted molar refractivity (Wildman–Crippen MR) is 96.1 cm³/mol. The average molecular weight is 375 g/mol. The summed E-state index contributed by atoms with van der Waals surface area (Å²) >= 11 is 0. The molecular weight excluding hydrogens is 354 g/mol. The van der Waals surface area contributed by atoms with Gasteiger partial charge in [0.2, 0.25) is 10.0 Å². The number of sulfonamides is 1. The first-order valence-corrected chi connectivity index (χ1v) is 10.5. The summed E-state index contributed by atoms with van der Waals surface area (Å²) in [5, 5.41) is 8.50. The van der Waals surface area contributed by atoms with E-state index in [0.717, 1.165) is 36.4 Å². The number of H-pyrrole nitrogens is 1. The molecule has 5 rings (SSSR count). The third-order valence-electron chi connectivity index (χ3n) is 5.37. The Morgan fingerprint density at radius 1 is 1.35 bits per heavy atom. The summed E-state index contributed by atoms with van der Waals surface area (Å²) in [5.41, 5.74) is 2.41. The molecule has 1 aliphatic heterocycles. The molecule has 2 aliphatic rings. The Bertz CT molecular complexity index is 1070. The van der Waals surface area contributed by atoms with Crippen LogP contribution in [0.3, 0.4) is 0 Å². The van der Waals surface area contributed by atoms with Crippen molar-refractivity contribution < 1.29 is 8.42 Å². The zero-order valence-electron chi connectivity index (χ0n) is 14.5. The van der Waals surface area contributed by atoms with E-state index in [9.17, 15) is 8.42 Å². The molecule has 2 fully saturated rings. The van der Waals surface area contributed by atoms with E-state index in [2.05, 4.69) is 36.7 Å². The number of hydrogen-bond donors (Lipinski definition) is 2. The average Bonchev–Trinajstić information content (AvgIpc) is 3.06. The minimum absolute atomic E-state index is 0.0161. The Morgan fingerprint density at radius 3 is 2.96 bits per heavy atom. The fourth-order valence-corrected chi connectivity index (χ4v) is 5.51. The maximum Gasteiger partial charge on any atom is 0.214 e. The van der Waals surface area contributed by atoms with Crippen LogP contribution in [0.1, 0.15) is 38.1 Å². The topological polar surface area (TPSA) is 108 Å². The van der Waals surface area contributed by atoms with Crippen molar-refractivity contribution in [1.29, 1.82) is 0 Å². The second-order valence-electron chi connectivity index (χ2n) is 7.12. The largest absolute Gasteiger partial charge is 0.345 e. The number of likely N-dealkylation sites (N-methyl/N-ethyl adjacent to an activating group) is 1. The summed E-state index contributed by atoms with van der Waals surface area (Å²) in [5.74, 6) is 0.835. The molecule has 3 aromatic rings. The van der Waals surface area contributed by atoms with Gasteiger partial charge in [0, 0.05) is 18.8 Å². The van der Waals surface area contributed by atoms with Crippen molar-refractivity contribution in [1.82, 2.24) is 34.2 Å². The lowest BCUT2D eigenvalue weighted by Gasteiger charge is -2.20. The number of nitrogens with one attached hydrogen (secondary N) is 2. The summed E-state index contributed by atoms with van der Waals surface area (Å²) in [6.07, 6.45) is 5.79. The highest BCUT2D eigenvalue weighted by atomic mass is 32.2. The second kappa shape index (κ2) is 5.73. The molecule has 0 amide bonds. The molecule has 2 atom stereocenters. The zero-order chi connectivity index (χ0) is 17.9. The third kappa shape index (κ3) is 2.51. The van der Waals surface area contributed by atoms with E-state index < -0.39 is 10.0 Å². The highest BCUT2D eigenvalue weighted by Gasteiger charge is 2.41. The summed E-state index contributed by atoms with van der Waals surface area (Å²) in [4.78, 5) is 9.72. The quantitative estimate of drug-likeness (QED) is 0.684. The smallest absolute Gasteiger partial charge is 0.214 e. The third-order valence-corrected chi connectivity index (χ3v) is 7.38. The molecule has 2 N–H and O–H groups in total. The van der Waals surface area contributed by atoms with Crippen LogP contribution in [0.15, 0.2) is 18.5 Å². The molecule has 26 heavy (non-hydrogen) atoms. The van der Waals surface area contributed by atoms with Crippen LogP contribution in [0.4, 0.5) is 0 Å². The SMILES string of the molecule is CCN1C[C@H](NS(=O)(=O)C2CC2)CC1c1nnc2cnc3[nH]ccc3n12.